The zero-order valence-electron chi connectivity index (χ0n) is 23.6. The van der Waals surface area contributed by atoms with E-state index in [1.165, 1.54) is 35.1 Å². The first-order valence-corrected chi connectivity index (χ1v) is 13.9. The van der Waals surface area contributed by atoms with Gasteiger partial charge in [-0.15, -0.1) is 0 Å². The van der Waals surface area contributed by atoms with Crippen molar-refractivity contribution in [3.05, 3.63) is 108 Å². The summed E-state index contributed by atoms with van der Waals surface area (Å²) in [4.78, 5) is 32.3. The van der Waals surface area contributed by atoms with Gasteiger partial charge in [-0.2, -0.15) is 0 Å². The van der Waals surface area contributed by atoms with E-state index in [4.69, 9.17) is 14.2 Å². The van der Waals surface area contributed by atoms with Crippen molar-refractivity contribution in [1.29, 1.82) is 0 Å². The maximum Gasteiger partial charge on any atom is 0.338 e. The standard InChI is InChI=1S/C31H30FN3O5S/c1-7-40-30(37)27-18(3)33-31-35(28(27)20-8-13-24(38-5)25(15-20)39-6)29(36)26(41-31)16-21-14-17(2)34(19(21)4)23-11-9-22(32)10-12-23/h8-16,28H,7H2,1-6H3/t28-/m1/s1. The number of rotatable bonds is 7. The van der Waals surface area contributed by atoms with Gasteiger partial charge in [0, 0.05) is 17.1 Å². The summed E-state index contributed by atoms with van der Waals surface area (Å²) in [6.45, 7) is 7.57. The van der Waals surface area contributed by atoms with Crippen molar-refractivity contribution in [3.8, 4) is 17.2 Å². The number of allylic oxidation sites excluding steroid dienone is 1. The number of methoxy groups -OCH3 is 2. The SMILES string of the molecule is CCOC(=O)C1=C(C)N=c2sc(=Cc3cc(C)n(-c4ccc(F)cc4)c3C)c(=O)n2[C@@H]1c1ccc(OC)c(OC)c1. The molecule has 212 valence electrons. The Bertz CT molecular complexity index is 1860. The van der Waals surface area contributed by atoms with Gasteiger partial charge < -0.3 is 18.8 Å². The second-order valence-electron chi connectivity index (χ2n) is 9.55. The lowest BCUT2D eigenvalue weighted by molar-refractivity contribution is -0.139. The Kier molecular flexibility index (Phi) is 7.68. The molecule has 1 atom stereocenters. The molecule has 10 heteroatoms. The van der Waals surface area contributed by atoms with E-state index in [2.05, 4.69) is 4.99 Å². The first-order valence-electron chi connectivity index (χ1n) is 13.0. The molecule has 8 nitrogen and oxygen atoms in total. The molecule has 0 saturated carbocycles. The number of aromatic nitrogens is 2. The topological polar surface area (TPSA) is 84.1 Å². The molecule has 3 heterocycles. The van der Waals surface area contributed by atoms with Crippen LogP contribution >= 0.6 is 11.3 Å². The summed E-state index contributed by atoms with van der Waals surface area (Å²) in [6, 6.07) is 12.8. The summed E-state index contributed by atoms with van der Waals surface area (Å²) in [5.74, 6) is 0.154. The number of hydrogen-bond acceptors (Lipinski definition) is 7. The monoisotopic (exact) mass is 575 g/mol. The minimum atomic E-state index is -0.779. The fourth-order valence-electron chi connectivity index (χ4n) is 5.19. The Hall–Kier alpha value is -4.44. The average molecular weight is 576 g/mol. The number of hydrogen-bond donors (Lipinski definition) is 0. The maximum absolute atomic E-state index is 14.0. The van der Waals surface area contributed by atoms with Gasteiger partial charge in [0.05, 0.1) is 42.7 Å². The van der Waals surface area contributed by atoms with E-state index >= 15 is 0 Å². The molecule has 2 aromatic carbocycles. The Morgan fingerprint density at radius 1 is 1.05 bits per heavy atom. The molecule has 0 radical (unpaired) electrons. The first kappa shape index (κ1) is 28.1. The molecule has 2 aromatic heterocycles. The molecule has 0 fully saturated rings. The normalized spacial score (nSPS) is 15.0. The van der Waals surface area contributed by atoms with E-state index in [0.29, 0.717) is 32.1 Å². The lowest BCUT2D eigenvalue weighted by Crippen LogP contribution is -2.40. The number of ether oxygens (including phenoxy) is 3. The van der Waals surface area contributed by atoms with Crippen LogP contribution in [0.5, 0.6) is 11.5 Å². The van der Waals surface area contributed by atoms with Gasteiger partial charge in [0.2, 0.25) is 0 Å². The minimum Gasteiger partial charge on any atom is -0.493 e. The van der Waals surface area contributed by atoms with Crippen LogP contribution in [0.3, 0.4) is 0 Å². The molecule has 41 heavy (non-hydrogen) atoms. The van der Waals surface area contributed by atoms with Gasteiger partial charge in [0.1, 0.15) is 5.82 Å². The van der Waals surface area contributed by atoms with Crippen LogP contribution < -0.4 is 24.4 Å². The fraction of sp³-hybridized carbons (Fsp3) is 0.258. The number of esters is 1. The summed E-state index contributed by atoms with van der Waals surface area (Å²) in [6.07, 6.45) is 1.83. The summed E-state index contributed by atoms with van der Waals surface area (Å²) >= 11 is 1.25. The minimum absolute atomic E-state index is 0.183. The number of nitrogens with zero attached hydrogens (tertiary/aromatic N) is 3. The molecule has 0 aliphatic carbocycles. The predicted octanol–water partition coefficient (Wildman–Crippen LogP) is 4.36. The summed E-state index contributed by atoms with van der Waals surface area (Å²) in [5, 5.41) is 0. The van der Waals surface area contributed by atoms with Crippen molar-refractivity contribution in [2.75, 3.05) is 20.8 Å². The van der Waals surface area contributed by atoms with Crippen molar-refractivity contribution in [3.63, 3.8) is 0 Å². The second kappa shape index (κ2) is 11.2. The third-order valence-corrected chi connectivity index (χ3v) is 8.07. The van der Waals surface area contributed by atoms with Crippen LogP contribution in [0.2, 0.25) is 0 Å². The van der Waals surface area contributed by atoms with E-state index in [9.17, 15) is 14.0 Å². The van der Waals surface area contributed by atoms with Crippen molar-refractivity contribution in [1.82, 2.24) is 9.13 Å². The highest BCUT2D eigenvalue weighted by Gasteiger charge is 2.34. The van der Waals surface area contributed by atoms with Gasteiger partial charge in [-0.05, 0) is 87.4 Å². The van der Waals surface area contributed by atoms with Crippen LogP contribution in [0, 0.1) is 19.7 Å². The van der Waals surface area contributed by atoms with Crippen molar-refractivity contribution in [2.45, 2.75) is 33.7 Å². The summed E-state index contributed by atoms with van der Waals surface area (Å²) in [5.41, 5.74) is 4.65. The van der Waals surface area contributed by atoms with Crippen LogP contribution in [0.1, 0.15) is 42.4 Å². The molecular weight excluding hydrogens is 545 g/mol. The van der Waals surface area contributed by atoms with Gasteiger partial charge in [-0.25, -0.2) is 14.2 Å². The number of halogens is 1. The fourth-order valence-corrected chi connectivity index (χ4v) is 6.23. The van der Waals surface area contributed by atoms with Gasteiger partial charge in [0.15, 0.2) is 16.3 Å². The van der Waals surface area contributed by atoms with Crippen molar-refractivity contribution < 1.29 is 23.4 Å². The van der Waals surface area contributed by atoms with Gasteiger partial charge in [-0.3, -0.25) is 9.36 Å². The predicted molar refractivity (Wildman–Crippen MR) is 155 cm³/mol. The molecule has 0 unspecified atom stereocenters. The highest BCUT2D eigenvalue weighted by Crippen LogP contribution is 2.36. The molecule has 1 aliphatic heterocycles. The van der Waals surface area contributed by atoms with Crippen molar-refractivity contribution in [2.24, 2.45) is 4.99 Å². The van der Waals surface area contributed by atoms with Gasteiger partial charge >= 0.3 is 5.97 Å². The first-order chi connectivity index (χ1) is 19.7. The number of fused-ring (bicyclic) bond motifs is 1. The maximum atomic E-state index is 14.0. The van der Waals surface area contributed by atoms with Crippen LogP contribution in [0.4, 0.5) is 4.39 Å². The highest BCUT2D eigenvalue weighted by molar-refractivity contribution is 7.07. The highest BCUT2D eigenvalue weighted by atomic mass is 32.1. The molecule has 4 aromatic rings. The molecule has 0 amide bonds. The second-order valence-corrected chi connectivity index (χ2v) is 10.6. The largest absolute Gasteiger partial charge is 0.493 e. The van der Waals surface area contributed by atoms with Crippen LogP contribution in [-0.2, 0) is 9.53 Å². The van der Waals surface area contributed by atoms with E-state index in [1.54, 1.807) is 51.3 Å². The Labute approximate surface area is 240 Å². The van der Waals surface area contributed by atoms with E-state index < -0.39 is 12.0 Å². The zero-order chi connectivity index (χ0) is 29.4. The van der Waals surface area contributed by atoms with Gasteiger partial charge in [0.25, 0.3) is 5.56 Å². The molecule has 0 bridgehead atoms. The third-order valence-electron chi connectivity index (χ3n) is 7.08. The number of thiazole rings is 1. The summed E-state index contributed by atoms with van der Waals surface area (Å²) in [7, 11) is 3.07. The molecule has 5 rings (SSSR count). The molecule has 0 N–H and O–H groups in total. The number of aryl methyl sites for hydroxylation is 1. The number of carbonyl (C=O) groups excluding carboxylic acids is 1. The third kappa shape index (κ3) is 4.99. The smallest absolute Gasteiger partial charge is 0.338 e. The lowest BCUT2D eigenvalue weighted by atomic mass is 9.95. The number of carbonyl (C=O) groups is 1. The Morgan fingerprint density at radius 2 is 1.76 bits per heavy atom. The van der Waals surface area contributed by atoms with E-state index in [0.717, 1.165) is 22.6 Å². The lowest BCUT2D eigenvalue weighted by Gasteiger charge is -2.25. The molecule has 0 spiro atoms. The zero-order valence-corrected chi connectivity index (χ0v) is 24.5. The van der Waals surface area contributed by atoms with E-state index in [1.807, 2.05) is 30.6 Å². The van der Waals surface area contributed by atoms with Crippen LogP contribution in [0.25, 0.3) is 11.8 Å². The van der Waals surface area contributed by atoms with Gasteiger partial charge in [-0.1, -0.05) is 17.4 Å². The molecule has 0 saturated heterocycles. The van der Waals surface area contributed by atoms with E-state index in [-0.39, 0.29) is 23.6 Å². The Morgan fingerprint density at radius 3 is 2.41 bits per heavy atom. The molecule has 1 aliphatic rings. The van der Waals surface area contributed by atoms with Crippen molar-refractivity contribution >= 4 is 23.4 Å². The van der Waals surface area contributed by atoms with Crippen LogP contribution in [0.15, 0.2) is 69.6 Å². The quantitative estimate of drug-likeness (QED) is 0.306. The van der Waals surface area contributed by atoms with Crippen LogP contribution in [-0.4, -0.2) is 35.9 Å². The average Bonchev–Trinajstić information content (AvgIpc) is 3.41. The number of benzene rings is 2. The Balaban J connectivity index is 1.70. The summed E-state index contributed by atoms with van der Waals surface area (Å²) < 4.78 is 33.8. The molecular formula is C31H30FN3O5S.